The number of hydrogen-bond acceptors (Lipinski definition) is 3. The summed E-state index contributed by atoms with van der Waals surface area (Å²) in [5.41, 5.74) is 0.808. The first kappa shape index (κ1) is 12.1. The zero-order valence-electron chi connectivity index (χ0n) is 8.59. The fourth-order valence-electron chi connectivity index (χ4n) is 1.21. The average Bonchev–Trinajstić information content (AvgIpc) is 2.20. The van der Waals surface area contributed by atoms with Crippen molar-refractivity contribution in [2.75, 3.05) is 13.7 Å². The topological polar surface area (TPSA) is 41.5 Å². The molecule has 3 nitrogen and oxygen atoms in total. The van der Waals surface area contributed by atoms with Gasteiger partial charge in [-0.25, -0.2) is 0 Å². The van der Waals surface area contributed by atoms with Crippen molar-refractivity contribution < 1.29 is 9.84 Å². The van der Waals surface area contributed by atoms with Crippen molar-refractivity contribution in [2.45, 2.75) is 6.54 Å². The normalized spacial score (nSPS) is 10.0. The van der Waals surface area contributed by atoms with Crippen LogP contribution in [0.25, 0.3) is 0 Å². The zero-order chi connectivity index (χ0) is 11.3. The third-order valence-corrected chi connectivity index (χ3v) is 2.22. The summed E-state index contributed by atoms with van der Waals surface area (Å²) in [7, 11) is 1.53. The molecule has 4 heteroatoms. The van der Waals surface area contributed by atoms with Crippen LogP contribution in [0.4, 0.5) is 0 Å². The van der Waals surface area contributed by atoms with Crippen LogP contribution in [0.2, 0.25) is 0 Å². The van der Waals surface area contributed by atoms with E-state index < -0.39 is 0 Å². The highest BCUT2D eigenvalue weighted by Gasteiger charge is 2.06. The summed E-state index contributed by atoms with van der Waals surface area (Å²) in [4.78, 5) is 0. The molecular weight excluding hydrogens is 258 g/mol. The molecule has 0 unspecified atom stereocenters. The van der Waals surface area contributed by atoms with Crippen LogP contribution in [-0.4, -0.2) is 18.8 Å². The van der Waals surface area contributed by atoms with E-state index in [4.69, 9.17) is 4.74 Å². The monoisotopic (exact) mass is 271 g/mol. The highest BCUT2D eigenvalue weighted by molar-refractivity contribution is 9.11. The minimum absolute atomic E-state index is 0.188. The second-order valence-corrected chi connectivity index (χ2v) is 4.21. The first-order valence-electron chi connectivity index (χ1n) is 4.54. The molecule has 15 heavy (non-hydrogen) atoms. The van der Waals surface area contributed by atoms with Gasteiger partial charge in [0.1, 0.15) is 0 Å². The number of hydrogen-bond donors (Lipinski definition) is 2. The molecule has 0 spiro atoms. The van der Waals surface area contributed by atoms with Gasteiger partial charge in [0.15, 0.2) is 11.5 Å². The summed E-state index contributed by atoms with van der Waals surface area (Å²) in [6.45, 7) is 4.95. The number of rotatable bonds is 5. The quantitative estimate of drug-likeness (QED) is 0.864. The molecule has 0 aliphatic heterocycles. The molecule has 0 amide bonds. The molecule has 0 fully saturated rings. The van der Waals surface area contributed by atoms with Gasteiger partial charge < -0.3 is 15.2 Å². The number of nitrogens with one attached hydrogen (secondary N) is 1. The van der Waals surface area contributed by atoms with Crippen molar-refractivity contribution in [3.8, 4) is 11.5 Å². The van der Waals surface area contributed by atoms with E-state index in [9.17, 15) is 5.11 Å². The van der Waals surface area contributed by atoms with Crippen LogP contribution in [0.5, 0.6) is 11.5 Å². The van der Waals surface area contributed by atoms with Gasteiger partial charge in [-0.2, -0.15) is 0 Å². The van der Waals surface area contributed by atoms with E-state index in [1.165, 1.54) is 7.11 Å². The largest absolute Gasteiger partial charge is 0.504 e. The average molecular weight is 272 g/mol. The van der Waals surface area contributed by atoms with Gasteiger partial charge in [0.25, 0.3) is 0 Å². The molecule has 0 atom stereocenters. The van der Waals surface area contributed by atoms with E-state index in [1.54, 1.807) is 6.07 Å². The Morgan fingerprint density at radius 1 is 1.60 bits per heavy atom. The Hall–Kier alpha value is -1.00. The lowest BCUT2D eigenvalue weighted by atomic mass is 10.2. The number of phenols is 1. The SMILES string of the molecule is C=C(Br)CNCc1cccc(OC)c1O. The number of halogens is 1. The van der Waals surface area contributed by atoms with Gasteiger partial charge in [-0.05, 0) is 6.07 Å². The fraction of sp³-hybridized carbons (Fsp3) is 0.273. The molecule has 1 aromatic carbocycles. The van der Waals surface area contributed by atoms with Crippen LogP contribution in [0.3, 0.4) is 0 Å². The Kier molecular flexibility index (Phi) is 4.65. The van der Waals surface area contributed by atoms with Crippen molar-refractivity contribution >= 4 is 15.9 Å². The molecule has 0 saturated heterocycles. The van der Waals surface area contributed by atoms with Gasteiger partial charge in [-0.3, -0.25) is 0 Å². The van der Waals surface area contributed by atoms with E-state index >= 15 is 0 Å². The third-order valence-electron chi connectivity index (χ3n) is 1.93. The summed E-state index contributed by atoms with van der Waals surface area (Å²) >= 11 is 3.25. The molecule has 0 aliphatic carbocycles. The first-order valence-corrected chi connectivity index (χ1v) is 5.33. The van der Waals surface area contributed by atoms with Gasteiger partial charge >= 0.3 is 0 Å². The number of benzene rings is 1. The lowest BCUT2D eigenvalue weighted by molar-refractivity contribution is 0.370. The maximum absolute atomic E-state index is 9.75. The van der Waals surface area contributed by atoms with Gasteiger partial charge in [-0.1, -0.05) is 34.6 Å². The molecule has 1 aromatic rings. The maximum atomic E-state index is 9.75. The molecule has 0 bridgehead atoms. The van der Waals surface area contributed by atoms with Gasteiger partial charge in [0.2, 0.25) is 0 Å². The van der Waals surface area contributed by atoms with Gasteiger partial charge in [-0.15, -0.1) is 0 Å². The van der Waals surface area contributed by atoms with E-state index in [-0.39, 0.29) is 5.75 Å². The fourth-order valence-corrected chi connectivity index (χ4v) is 1.41. The maximum Gasteiger partial charge on any atom is 0.162 e. The van der Waals surface area contributed by atoms with Crippen molar-refractivity contribution in [1.82, 2.24) is 5.32 Å². The first-order chi connectivity index (χ1) is 7.15. The minimum Gasteiger partial charge on any atom is -0.504 e. The zero-order valence-corrected chi connectivity index (χ0v) is 10.2. The number of aromatic hydroxyl groups is 1. The molecule has 0 saturated carbocycles. The Balaban J connectivity index is 2.64. The van der Waals surface area contributed by atoms with Crippen molar-refractivity contribution in [3.63, 3.8) is 0 Å². The van der Waals surface area contributed by atoms with E-state index in [1.807, 2.05) is 12.1 Å². The third kappa shape index (κ3) is 3.57. The van der Waals surface area contributed by atoms with Crippen LogP contribution in [0.15, 0.2) is 29.3 Å². The number of para-hydroxylation sites is 1. The summed E-state index contributed by atoms with van der Waals surface area (Å²) in [5.74, 6) is 0.680. The predicted octanol–water partition coefficient (Wildman–Crippen LogP) is 2.40. The van der Waals surface area contributed by atoms with Crippen LogP contribution >= 0.6 is 15.9 Å². The van der Waals surface area contributed by atoms with E-state index in [0.717, 1.165) is 10.0 Å². The second-order valence-electron chi connectivity index (χ2n) is 3.09. The lowest BCUT2D eigenvalue weighted by Crippen LogP contribution is -2.14. The van der Waals surface area contributed by atoms with Crippen LogP contribution in [-0.2, 0) is 6.54 Å². The standard InChI is InChI=1S/C11H14BrNO2/c1-8(12)6-13-7-9-4-3-5-10(15-2)11(9)14/h3-5,13-14H,1,6-7H2,2H3. The molecule has 0 aliphatic rings. The van der Waals surface area contributed by atoms with Crippen LogP contribution < -0.4 is 10.1 Å². The van der Waals surface area contributed by atoms with Crippen LogP contribution in [0, 0.1) is 0 Å². The Bertz CT molecular complexity index is 352. The van der Waals surface area contributed by atoms with Crippen LogP contribution in [0.1, 0.15) is 5.56 Å². The Labute approximate surface area is 97.9 Å². The Morgan fingerprint density at radius 3 is 2.93 bits per heavy atom. The van der Waals surface area contributed by atoms with Gasteiger partial charge in [0, 0.05) is 23.1 Å². The minimum atomic E-state index is 0.188. The Morgan fingerprint density at radius 2 is 2.33 bits per heavy atom. The predicted molar refractivity (Wildman–Crippen MR) is 64.4 cm³/mol. The van der Waals surface area contributed by atoms with Crippen molar-refractivity contribution in [3.05, 3.63) is 34.8 Å². The smallest absolute Gasteiger partial charge is 0.162 e. The number of ether oxygens (including phenoxy) is 1. The number of methoxy groups -OCH3 is 1. The highest BCUT2D eigenvalue weighted by Crippen LogP contribution is 2.29. The molecule has 0 heterocycles. The van der Waals surface area contributed by atoms with E-state index in [0.29, 0.717) is 18.8 Å². The van der Waals surface area contributed by atoms with E-state index in [2.05, 4.69) is 27.8 Å². The molecular formula is C11H14BrNO2. The number of phenolic OH excluding ortho intramolecular Hbond substituents is 1. The molecule has 82 valence electrons. The summed E-state index contributed by atoms with van der Waals surface area (Å²) in [6.07, 6.45) is 0. The molecule has 2 N–H and O–H groups in total. The second kappa shape index (κ2) is 5.78. The molecule has 0 radical (unpaired) electrons. The highest BCUT2D eigenvalue weighted by atomic mass is 79.9. The summed E-state index contributed by atoms with van der Waals surface area (Å²) in [6, 6.07) is 5.42. The summed E-state index contributed by atoms with van der Waals surface area (Å²) < 4.78 is 5.89. The van der Waals surface area contributed by atoms with Gasteiger partial charge in [0.05, 0.1) is 7.11 Å². The van der Waals surface area contributed by atoms with Crippen molar-refractivity contribution in [1.29, 1.82) is 0 Å². The summed E-state index contributed by atoms with van der Waals surface area (Å²) in [5, 5.41) is 12.9. The van der Waals surface area contributed by atoms with Crippen molar-refractivity contribution in [2.24, 2.45) is 0 Å². The molecule has 0 aromatic heterocycles. The lowest BCUT2D eigenvalue weighted by Gasteiger charge is -2.09. The molecule has 1 rings (SSSR count).